The quantitative estimate of drug-likeness (QED) is 0.456. The molecule has 7 nitrogen and oxygen atoms in total. The van der Waals surface area contributed by atoms with Crippen LogP contribution >= 0.6 is 0 Å². The first-order valence-electron chi connectivity index (χ1n) is 10.9. The summed E-state index contributed by atoms with van der Waals surface area (Å²) in [7, 11) is -2.55. The highest BCUT2D eigenvalue weighted by Crippen LogP contribution is 2.31. The molecule has 34 heavy (non-hydrogen) atoms. The summed E-state index contributed by atoms with van der Waals surface area (Å²) in [4.78, 5) is 26.7. The van der Waals surface area contributed by atoms with Gasteiger partial charge in [-0.15, -0.1) is 0 Å². The predicted molar refractivity (Wildman–Crippen MR) is 128 cm³/mol. The molecule has 0 unspecified atom stereocenters. The lowest BCUT2D eigenvalue weighted by molar-refractivity contribution is 0.0642. The van der Waals surface area contributed by atoms with E-state index in [9.17, 15) is 18.0 Å². The second-order valence-electron chi connectivity index (χ2n) is 8.36. The maximum absolute atomic E-state index is 13.8. The van der Waals surface area contributed by atoms with Gasteiger partial charge in [-0.05, 0) is 49.2 Å². The van der Waals surface area contributed by atoms with Gasteiger partial charge in [-0.2, -0.15) is 4.31 Å². The van der Waals surface area contributed by atoms with Crippen LogP contribution in [-0.4, -0.2) is 42.6 Å². The average Bonchev–Trinajstić information content (AvgIpc) is 3.08. The van der Waals surface area contributed by atoms with E-state index in [2.05, 4.69) is 0 Å². The van der Waals surface area contributed by atoms with Crippen LogP contribution < -0.4 is 4.74 Å². The van der Waals surface area contributed by atoms with Crippen LogP contribution in [0.25, 0.3) is 0 Å². The van der Waals surface area contributed by atoms with E-state index in [1.165, 1.54) is 17.5 Å². The first-order valence-corrected chi connectivity index (χ1v) is 12.4. The molecule has 0 spiro atoms. The van der Waals surface area contributed by atoms with Gasteiger partial charge in [0.25, 0.3) is 11.8 Å². The van der Waals surface area contributed by atoms with Gasteiger partial charge in [0.05, 0.1) is 24.8 Å². The third-order valence-corrected chi connectivity index (χ3v) is 7.83. The third kappa shape index (κ3) is 4.34. The molecular weight excluding hydrogens is 452 g/mol. The molecule has 0 saturated carbocycles. The molecule has 2 amide bonds. The zero-order chi connectivity index (χ0) is 24.5. The maximum Gasteiger partial charge on any atom is 0.261 e. The topological polar surface area (TPSA) is 84.0 Å². The lowest BCUT2D eigenvalue weighted by Gasteiger charge is -2.27. The number of sulfonamides is 1. The fourth-order valence-electron chi connectivity index (χ4n) is 4.02. The molecule has 0 aliphatic carbocycles. The summed E-state index contributed by atoms with van der Waals surface area (Å²) in [5.74, 6) is -0.591. The van der Waals surface area contributed by atoms with Gasteiger partial charge in [0.2, 0.25) is 10.0 Å². The molecule has 8 heteroatoms. The summed E-state index contributed by atoms with van der Waals surface area (Å²) >= 11 is 0. The minimum absolute atomic E-state index is 0.00580. The Hall–Kier alpha value is -3.49. The SMILES string of the molecule is COc1ccc(CN2C(=O)c3ccccc3C2=O)cc1S(=O)(=O)N(Cc1ccccc1)C(C)C. The monoisotopic (exact) mass is 478 g/mol. The summed E-state index contributed by atoms with van der Waals surface area (Å²) in [5.41, 5.74) is 2.07. The molecule has 3 aromatic rings. The van der Waals surface area contributed by atoms with Gasteiger partial charge in [0.1, 0.15) is 10.6 Å². The Morgan fingerprint density at radius 3 is 2.00 bits per heavy atom. The van der Waals surface area contributed by atoms with E-state index in [4.69, 9.17) is 4.74 Å². The van der Waals surface area contributed by atoms with Gasteiger partial charge in [0.15, 0.2) is 0 Å². The smallest absolute Gasteiger partial charge is 0.261 e. The first kappa shape index (κ1) is 23.7. The molecule has 0 N–H and O–H groups in total. The molecule has 176 valence electrons. The number of carbonyl (C=O) groups excluding carboxylic acids is 2. The van der Waals surface area contributed by atoms with Gasteiger partial charge in [-0.1, -0.05) is 48.5 Å². The standard InChI is InChI=1S/C26H26N2O5S/c1-18(2)28(17-19-9-5-4-6-10-19)34(31,32)24-15-20(13-14-23(24)33-3)16-27-25(29)21-11-7-8-12-22(21)26(27)30/h4-15,18H,16-17H2,1-3H3. The summed E-state index contributed by atoms with van der Waals surface area (Å²) in [6, 6.07) is 20.4. The van der Waals surface area contributed by atoms with Crippen molar-refractivity contribution in [1.29, 1.82) is 0 Å². The van der Waals surface area contributed by atoms with Crippen LogP contribution in [0.1, 0.15) is 45.7 Å². The fraction of sp³-hybridized carbons (Fsp3) is 0.231. The highest BCUT2D eigenvalue weighted by molar-refractivity contribution is 7.89. The van der Waals surface area contributed by atoms with Crippen LogP contribution in [0.15, 0.2) is 77.7 Å². The summed E-state index contributed by atoms with van der Waals surface area (Å²) < 4.78 is 34.3. The van der Waals surface area contributed by atoms with E-state index in [1.807, 2.05) is 44.2 Å². The Kier molecular flexibility index (Phi) is 6.54. The van der Waals surface area contributed by atoms with Crippen molar-refractivity contribution in [1.82, 2.24) is 9.21 Å². The average molecular weight is 479 g/mol. The molecular formula is C26H26N2O5S. The molecule has 0 fully saturated rings. The number of hydrogen-bond donors (Lipinski definition) is 0. The summed E-state index contributed by atoms with van der Waals surface area (Å²) in [5, 5.41) is 0. The van der Waals surface area contributed by atoms with Crippen molar-refractivity contribution in [3.63, 3.8) is 0 Å². The molecule has 1 aliphatic heterocycles. The molecule has 0 radical (unpaired) electrons. The molecule has 3 aromatic carbocycles. The van der Waals surface area contributed by atoms with E-state index in [1.54, 1.807) is 36.4 Å². The minimum atomic E-state index is -3.96. The van der Waals surface area contributed by atoms with Crippen LogP contribution in [0.5, 0.6) is 5.75 Å². The van der Waals surface area contributed by atoms with Gasteiger partial charge in [-0.25, -0.2) is 8.42 Å². The van der Waals surface area contributed by atoms with Crippen LogP contribution in [0.2, 0.25) is 0 Å². The van der Waals surface area contributed by atoms with Crippen molar-refractivity contribution in [2.45, 2.75) is 37.9 Å². The minimum Gasteiger partial charge on any atom is -0.495 e. The number of imide groups is 1. The van der Waals surface area contributed by atoms with Crippen LogP contribution in [0.3, 0.4) is 0 Å². The number of amides is 2. The van der Waals surface area contributed by atoms with Crippen molar-refractivity contribution >= 4 is 21.8 Å². The highest BCUT2D eigenvalue weighted by atomic mass is 32.2. The van der Waals surface area contributed by atoms with Crippen molar-refractivity contribution in [3.05, 3.63) is 95.1 Å². The lowest BCUT2D eigenvalue weighted by Crippen LogP contribution is -2.36. The largest absolute Gasteiger partial charge is 0.495 e. The number of ether oxygens (including phenoxy) is 1. The molecule has 0 atom stereocenters. The fourth-order valence-corrected chi connectivity index (χ4v) is 5.85. The number of fused-ring (bicyclic) bond motifs is 1. The van der Waals surface area contributed by atoms with Crippen molar-refractivity contribution in [2.24, 2.45) is 0 Å². The Labute approximate surface area is 199 Å². The molecule has 1 aliphatic rings. The maximum atomic E-state index is 13.8. The number of hydrogen-bond acceptors (Lipinski definition) is 5. The lowest BCUT2D eigenvalue weighted by atomic mass is 10.1. The van der Waals surface area contributed by atoms with Crippen molar-refractivity contribution in [2.75, 3.05) is 7.11 Å². The van der Waals surface area contributed by atoms with Crippen molar-refractivity contribution in [3.8, 4) is 5.75 Å². The van der Waals surface area contributed by atoms with E-state index in [0.717, 1.165) is 10.5 Å². The Morgan fingerprint density at radius 1 is 0.853 bits per heavy atom. The number of benzene rings is 3. The molecule has 0 bridgehead atoms. The van der Waals surface area contributed by atoms with Crippen molar-refractivity contribution < 1.29 is 22.7 Å². The van der Waals surface area contributed by atoms with Crippen LogP contribution in [0, 0.1) is 0 Å². The molecule has 0 saturated heterocycles. The molecule has 4 rings (SSSR count). The van der Waals surface area contributed by atoms with Gasteiger partial charge in [0, 0.05) is 12.6 Å². The summed E-state index contributed by atoms with van der Waals surface area (Å²) in [6.45, 7) is 3.79. The second kappa shape index (κ2) is 9.40. The number of methoxy groups -OCH3 is 1. The van der Waals surface area contributed by atoms with E-state index >= 15 is 0 Å². The second-order valence-corrected chi connectivity index (χ2v) is 10.2. The molecule has 0 aromatic heterocycles. The van der Waals surface area contributed by atoms with Gasteiger partial charge < -0.3 is 4.74 Å². The van der Waals surface area contributed by atoms with E-state index in [0.29, 0.717) is 16.7 Å². The van der Waals surface area contributed by atoms with E-state index in [-0.39, 0.29) is 29.8 Å². The Balaban J connectivity index is 1.68. The number of rotatable bonds is 8. The van der Waals surface area contributed by atoms with Crippen LogP contribution in [0.4, 0.5) is 0 Å². The van der Waals surface area contributed by atoms with E-state index < -0.39 is 21.8 Å². The van der Waals surface area contributed by atoms with Crippen LogP contribution in [-0.2, 0) is 23.1 Å². The number of carbonyl (C=O) groups is 2. The zero-order valence-corrected chi connectivity index (χ0v) is 20.1. The van der Waals surface area contributed by atoms with Gasteiger partial charge in [-0.3, -0.25) is 14.5 Å². The third-order valence-electron chi connectivity index (χ3n) is 5.79. The predicted octanol–water partition coefficient (Wildman–Crippen LogP) is 4.09. The normalized spacial score (nSPS) is 13.6. The first-order chi connectivity index (χ1) is 16.2. The summed E-state index contributed by atoms with van der Waals surface area (Å²) in [6.07, 6.45) is 0. The highest BCUT2D eigenvalue weighted by Gasteiger charge is 2.36. The molecule has 1 heterocycles. The van der Waals surface area contributed by atoms with Gasteiger partial charge >= 0.3 is 0 Å². The zero-order valence-electron chi connectivity index (χ0n) is 19.3. The Bertz CT molecular complexity index is 1300. The Morgan fingerprint density at radius 2 is 1.44 bits per heavy atom. The number of nitrogens with zero attached hydrogens (tertiary/aromatic N) is 2.